The second-order valence-corrected chi connectivity index (χ2v) is 7.43. The predicted molar refractivity (Wildman–Crippen MR) is 113 cm³/mol. The number of aromatic nitrogens is 1. The zero-order valence-corrected chi connectivity index (χ0v) is 16.9. The Morgan fingerprint density at radius 2 is 1.84 bits per heavy atom. The van der Waals surface area contributed by atoms with Crippen molar-refractivity contribution in [2.24, 2.45) is 0 Å². The fourth-order valence-corrected chi connectivity index (χ4v) is 4.03. The summed E-state index contributed by atoms with van der Waals surface area (Å²) < 4.78 is 5.17. The smallest absolute Gasteiger partial charge is 0.301 e. The number of nitro benzene ring substituents is 1. The maximum Gasteiger partial charge on any atom is 0.301 e. The molecular weight excluding hydrogens is 422 g/mol. The number of ether oxygens (including phenoxy) is 1. The molecular formula is C21H15N3O6S. The zero-order valence-electron chi connectivity index (χ0n) is 16.1. The van der Waals surface area contributed by atoms with Gasteiger partial charge in [0.15, 0.2) is 5.13 Å². The molecule has 156 valence electrons. The van der Waals surface area contributed by atoms with E-state index in [4.69, 9.17) is 4.74 Å². The number of hydrogen-bond donors (Lipinski definition) is 1. The van der Waals surface area contributed by atoms with E-state index in [0.717, 1.165) is 0 Å². The molecule has 1 amide bonds. The highest BCUT2D eigenvalue weighted by atomic mass is 32.1. The maximum atomic E-state index is 12.9. The van der Waals surface area contributed by atoms with Crippen LogP contribution in [0.1, 0.15) is 17.2 Å². The average molecular weight is 437 g/mol. The summed E-state index contributed by atoms with van der Waals surface area (Å²) >= 11 is 1.18. The van der Waals surface area contributed by atoms with Crippen molar-refractivity contribution in [3.05, 3.63) is 86.9 Å². The van der Waals surface area contributed by atoms with E-state index in [1.54, 1.807) is 29.6 Å². The third-order valence-electron chi connectivity index (χ3n) is 4.85. The van der Waals surface area contributed by atoms with E-state index in [1.165, 1.54) is 53.8 Å². The highest BCUT2D eigenvalue weighted by Gasteiger charge is 2.48. The standard InChI is InChI=1S/C21H15N3O6S/c1-30-15-8-4-12(5-9-15)17-16(18(25)13-2-6-14(7-3-13)24(28)29)19(26)20(27)23(17)21-22-10-11-31-21/h2-11,17,25H,1H3. The van der Waals surface area contributed by atoms with Crippen molar-refractivity contribution in [3.8, 4) is 5.75 Å². The molecule has 1 aliphatic heterocycles. The number of non-ortho nitro benzene ring substituents is 1. The van der Waals surface area contributed by atoms with Gasteiger partial charge in [0.1, 0.15) is 11.5 Å². The van der Waals surface area contributed by atoms with Gasteiger partial charge in [-0.3, -0.25) is 24.6 Å². The van der Waals surface area contributed by atoms with E-state index in [-0.39, 0.29) is 16.8 Å². The van der Waals surface area contributed by atoms with E-state index in [9.17, 15) is 24.8 Å². The molecule has 1 fully saturated rings. The van der Waals surface area contributed by atoms with E-state index in [2.05, 4.69) is 4.98 Å². The molecule has 1 aromatic heterocycles. The van der Waals surface area contributed by atoms with Crippen molar-refractivity contribution < 1.29 is 24.4 Å². The van der Waals surface area contributed by atoms with Crippen LogP contribution < -0.4 is 9.64 Å². The number of aliphatic hydroxyl groups excluding tert-OH is 1. The zero-order chi connectivity index (χ0) is 22.1. The summed E-state index contributed by atoms with van der Waals surface area (Å²) in [6.07, 6.45) is 1.51. The second kappa shape index (κ2) is 8.00. The molecule has 1 saturated heterocycles. The highest BCUT2D eigenvalue weighted by Crippen LogP contribution is 2.43. The van der Waals surface area contributed by atoms with Gasteiger partial charge >= 0.3 is 5.91 Å². The number of amides is 1. The van der Waals surface area contributed by atoms with Gasteiger partial charge in [0.05, 0.1) is 23.6 Å². The molecule has 1 atom stereocenters. The van der Waals surface area contributed by atoms with Gasteiger partial charge in [-0.15, -0.1) is 11.3 Å². The van der Waals surface area contributed by atoms with Crippen molar-refractivity contribution in [1.29, 1.82) is 0 Å². The lowest BCUT2D eigenvalue weighted by Gasteiger charge is -2.23. The van der Waals surface area contributed by atoms with Crippen molar-refractivity contribution >= 4 is 39.6 Å². The van der Waals surface area contributed by atoms with Gasteiger partial charge in [0.25, 0.3) is 11.5 Å². The number of aliphatic hydroxyl groups is 1. The normalized spacial score (nSPS) is 17.7. The summed E-state index contributed by atoms with van der Waals surface area (Å²) in [7, 11) is 1.52. The third kappa shape index (κ3) is 3.53. The number of nitro groups is 1. The van der Waals surface area contributed by atoms with Gasteiger partial charge in [-0.25, -0.2) is 4.98 Å². The molecule has 0 bridgehead atoms. The highest BCUT2D eigenvalue weighted by molar-refractivity contribution is 7.14. The van der Waals surface area contributed by atoms with Crippen LogP contribution in [0, 0.1) is 10.1 Å². The minimum absolute atomic E-state index is 0.126. The van der Waals surface area contributed by atoms with Crippen LogP contribution in [0.5, 0.6) is 5.75 Å². The second-order valence-electron chi connectivity index (χ2n) is 6.56. The van der Waals surface area contributed by atoms with E-state index < -0.39 is 28.4 Å². The van der Waals surface area contributed by atoms with Crippen LogP contribution in [0.3, 0.4) is 0 Å². The van der Waals surface area contributed by atoms with Crippen molar-refractivity contribution in [1.82, 2.24) is 4.98 Å². The molecule has 4 rings (SSSR count). The van der Waals surface area contributed by atoms with E-state index in [0.29, 0.717) is 16.4 Å². The summed E-state index contributed by atoms with van der Waals surface area (Å²) in [5.74, 6) is -1.52. The SMILES string of the molecule is COc1ccc(C2C(=C(O)c3ccc([N+](=O)[O-])cc3)C(=O)C(=O)N2c2nccs2)cc1. The topological polar surface area (TPSA) is 123 Å². The maximum absolute atomic E-state index is 12.9. The summed E-state index contributed by atoms with van der Waals surface area (Å²) in [6.45, 7) is 0. The van der Waals surface area contributed by atoms with E-state index >= 15 is 0 Å². The van der Waals surface area contributed by atoms with Crippen molar-refractivity contribution in [2.45, 2.75) is 6.04 Å². The summed E-state index contributed by atoms with van der Waals surface area (Å²) in [6, 6.07) is 10.9. The Labute approximate surface area is 180 Å². The Balaban J connectivity index is 1.88. The minimum Gasteiger partial charge on any atom is -0.507 e. The van der Waals surface area contributed by atoms with Crippen LogP contribution in [0.15, 0.2) is 65.7 Å². The number of carbonyl (C=O) groups excluding carboxylic acids is 2. The Hall–Kier alpha value is -4.05. The van der Waals surface area contributed by atoms with Gasteiger partial charge in [-0.05, 0) is 29.8 Å². The minimum atomic E-state index is -0.924. The Morgan fingerprint density at radius 1 is 1.16 bits per heavy atom. The number of thiazole rings is 1. The summed E-state index contributed by atoms with van der Waals surface area (Å²) in [5, 5.41) is 23.8. The number of Topliss-reactive ketones (excluding diaryl/α,β-unsaturated/α-hetero) is 1. The van der Waals surface area contributed by atoms with Crippen LogP contribution in [-0.2, 0) is 9.59 Å². The van der Waals surface area contributed by atoms with Crippen molar-refractivity contribution in [3.63, 3.8) is 0 Å². The number of rotatable bonds is 5. The molecule has 1 aliphatic rings. The fourth-order valence-electron chi connectivity index (χ4n) is 3.36. The lowest BCUT2D eigenvalue weighted by atomic mass is 9.95. The number of hydrogen-bond acceptors (Lipinski definition) is 8. The first-order chi connectivity index (χ1) is 14.9. The molecule has 9 nitrogen and oxygen atoms in total. The van der Waals surface area contributed by atoms with Crippen LogP contribution in [0.25, 0.3) is 5.76 Å². The molecule has 2 aromatic carbocycles. The number of anilines is 1. The van der Waals surface area contributed by atoms with Gasteiger partial charge in [-0.2, -0.15) is 0 Å². The molecule has 0 spiro atoms. The van der Waals surface area contributed by atoms with Gasteiger partial charge in [0.2, 0.25) is 0 Å². The molecule has 0 radical (unpaired) electrons. The molecule has 10 heteroatoms. The molecule has 1 unspecified atom stereocenters. The molecule has 0 saturated carbocycles. The van der Waals surface area contributed by atoms with Gasteiger partial charge < -0.3 is 9.84 Å². The fraction of sp³-hybridized carbons (Fsp3) is 0.0952. The van der Waals surface area contributed by atoms with Gasteiger partial charge in [-0.1, -0.05) is 12.1 Å². The average Bonchev–Trinajstić information content (AvgIpc) is 3.40. The third-order valence-corrected chi connectivity index (χ3v) is 5.62. The van der Waals surface area contributed by atoms with Crippen LogP contribution in [0.2, 0.25) is 0 Å². The number of ketones is 1. The molecule has 3 aromatic rings. The lowest BCUT2D eigenvalue weighted by molar-refractivity contribution is -0.384. The monoisotopic (exact) mass is 437 g/mol. The van der Waals surface area contributed by atoms with Crippen molar-refractivity contribution in [2.75, 3.05) is 12.0 Å². The Morgan fingerprint density at radius 3 is 2.39 bits per heavy atom. The molecule has 1 N–H and O–H groups in total. The first-order valence-electron chi connectivity index (χ1n) is 9.01. The number of carbonyl (C=O) groups is 2. The first kappa shape index (κ1) is 20.2. The summed E-state index contributed by atoms with van der Waals surface area (Å²) in [5.41, 5.74) is 0.464. The lowest BCUT2D eigenvalue weighted by Crippen LogP contribution is -2.29. The molecule has 31 heavy (non-hydrogen) atoms. The number of methoxy groups -OCH3 is 1. The molecule has 0 aliphatic carbocycles. The van der Waals surface area contributed by atoms with Gasteiger partial charge in [0, 0.05) is 29.3 Å². The van der Waals surface area contributed by atoms with Crippen LogP contribution >= 0.6 is 11.3 Å². The molecule has 2 heterocycles. The number of benzene rings is 2. The van der Waals surface area contributed by atoms with E-state index in [1.807, 2.05) is 0 Å². The first-order valence-corrected chi connectivity index (χ1v) is 9.89. The summed E-state index contributed by atoms with van der Waals surface area (Å²) in [4.78, 5) is 41.6. The van der Waals surface area contributed by atoms with Crippen LogP contribution in [0.4, 0.5) is 10.8 Å². The number of nitrogens with zero attached hydrogens (tertiary/aromatic N) is 3. The Kier molecular flexibility index (Phi) is 5.22. The quantitative estimate of drug-likeness (QED) is 0.212. The predicted octanol–water partition coefficient (Wildman–Crippen LogP) is 3.69. The van der Waals surface area contributed by atoms with Crippen LogP contribution in [-0.4, -0.2) is 33.8 Å². The Bertz CT molecular complexity index is 1190. The largest absolute Gasteiger partial charge is 0.507 e.